The number of hydrogen-bond donors (Lipinski definition) is 2. The van der Waals surface area contributed by atoms with Crippen molar-refractivity contribution in [1.82, 2.24) is 9.97 Å². The fraction of sp³-hybridized carbons (Fsp3) is 0.286. The fourth-order valence-corrected chi connectivity index (χ4v) is 2.06. The summed E-state index contributed by atoms with van der Waals surface area (Å²) in [5.74, 6) is 0.535. The summed E-state index contributed by atoms with van der Waals surface area (Å²) >= 11 is 0. The smallest absolute Gasteiger partial charge is 0.332 e. The molecule has 0 spiro atoms. The van der Waals surface area contributed by atoms with Crippen LogP contribution in [0, 0.1) is 17.0 Å². The van der Waals surface area contributed by atoms with Gasteiger partial charge in [0.1, 0.15) is 5.69 Å². The zero-order valence-corrected chi connectivity index (χ0v) is 12.2. The Bertz CT molecular complexity index is 672. The number of rotatable bonds is 5. The van der Waals surface area contributed by atoms with Crippen molar-refractivity contribution in [3.8, 4) is 0 Å². The van der Waals surface area contributed by atoms with Crippen molar-refractivity contribution in [2.24, 2.45) is 0 Å². The van der Waals surface area contributed by atoms with Crippen molar-refractivity contribution in [3.05, 3.63) is 45.6 Å². The molecule has 0 aliphatic carbocycles. The van der Waals surface area contributed by atoms with Gasteiger partial charge in [-0.1, -0.05) is 25.1 Å². The van der Waals surface area contributed by atoms with Gasteiger partial charge in [0, 0.05) is 12.7 Å². The van der Waals surface area contributed by atoms with E-state index in [-0.39, 0.29) is 11.5 Å². The molecule has 0 atom stereocenters. The van der Waals surface area contributed by atoms with Gasteiger partial charge in [0.15, 0.2) is 0 Å². The second kappa shape index (κ2) is 6.17. The molecule has 0 aliphatic rings. The Balaban J connectivity index is 2.52. The molecule has 1 heterocycles. The summed E-state index contributed by atoms with van der Waals surface area (Å²) in [7, 11) is 1.67. The van der Waals surface area contributed by atoms with Crippen LogP contribution in [-0.4, -0.2) is 21.9 Å². The fourth-order valence-electron chi connectivity index (χ4n) is 2.06. The maximum Gasteiger partial charge on any atom is 0.332 e. The molecular weight excluding hydrogens is 270 g/mol. The Hall–Kier alpha value is -2.70. The monoisotopic (exact) mass is 287 g/mol. The number of aryl methyl sites for hydroxylation is 2. The van der Waals surface area contributed by atoms with Crippen molar-refractivity contribution in [2.75, 3.05) is 17.7 Å². The Labute approximate surface area is 122 Å². The lowest BCUT2D eigenvalue weighted by molar-refractivity contribution is -0.385. The van der Waals surface area contributed by atoms with Gasteiger partial charge in [-0.05, 0) is 25.0 Å². The summed E-state index contributed by atoms with van der Waals surface area (Å²) in [4.78, 5) is 19.0. The second-order valence-corrected chi connectivity index (χ2v) is 4.47. The number of nitrogens with zero attached hydrogens (tertiary/aromatic N) is 3. The van der Waals surface area contributed by atoms with Gasteiger partial charge in [-0.2, -0.15) is 4.98 Å². The standard InChI is InChI=1S/C14H17N5O2/c1-4-10-7-5-6-8-11(10)17-13-12(19(20)21)9(2)16-14(15-3)18-13/h5-8H,4H2,1-3H3,(H2,15,16,17,18). The first-order valence-electron chi connectivity index (χ1n) is 6.62. The van der Waals surface area contributed by atoms with Crippen LogP contribution in [0.15, 0.2) is 24.3 Å². The molecule has 21 heavy (non-hydrogen) atoms. The van der Waals surface area contributed by atoms with Crippen molar-refractivity contribution in [2.45, 2.75) is 20.3 Å². The molecule has 7 nitrogen and oxygen atoms in total. The van der Waals surface area contributed by atoms with Crippen LogP contribution in [0.3, 0.4) is 0 Å². The van der Waals surface area contributed by atoms with E-state index >= 15 is 0 Å². The third-order valence-electron chi connectivity index (χ3n) is 3.12. The molecule has 2 rings (SSSR count). The lowest BCUT2D eigenvalue weighted by Gasteiger charge is -2.12. The van der Waals surface area contributed by atoms with Gasteiger partial charge in [0.05, 0.1) is 4.92 Å². The number of aromatic nitrogens is 2. The zero-order valence-electron chi connectivity index (χ0n) is 12.2. The summed E-state index contributed by atoms with van der Waals surface area (Å²) in [5, 5.41) is 17.1. The number of benzene rings is 1. The third kappa shape index (κ3) is 3.07. The lowest BCUT2D eigenvalue weighted by atomic mass is 10.1. The zero-order chi connectivity index (χ0) is 15.4. The van der Waals surface area contributed by atoms with Crippen molar-refractivity contribution >= 4 is 23.1 Å². The van der Waals surface area contributed by atoms with E-state index in [1.165, 1.54) is 0 Å². The maximum atomic E-state index is 11.3. The molecule has 0 fully saturated rings. The van der Waals surface area contributed by atoms with E-state index in [0.29, 0.717) is 11.6 Å². The van der Waals surface area contributed by atoms with Crippen LogP contribution in [0.5, 0.6) is 0 Å². The highest BCUT2D eigenvalue weighted by atomic mass is 16.6. The normalized spacial score (nSPS) is 10.2. The summed E-state index contributed by atoms with van der Waals surface area (Å²) in [6.07, 6.45) is 0.819. The van der Waals surface area contributed by atoms with Crippen molar-refractivity contribution in [1.29, 1.82) is 0 Å². The van der Waals surface area contributed by atoms with Gasteiger partial charge in [-0.3, -0.25) is 10.1 Å². The first-order chi connectivity index (χ1) is 10.1. The van der Waals surface area contributed by atoms with E-state index in [9.17, 15) is 10.1 Å². The van der Waals surface area contributed by atoms with Gasteiger partial charge in [-0.15, -0.1) is 0 Å². The lowest BCUT2D eigenvalue weighted by Crippen LogP contribution is -2.08. The number of nitrogens with one attached hydrogen (secondary N) is 2. The van der Waals surface area contributed by atoms with E-state index in [1.807, 2.05) is 31.2 Å². The maximum absolute atomic E-state index is 11.3. The van der Waals surface area contributed by atoms with E-state index in [0.717, 1.165) is 17.7 Å². The Morgan fingerprint density at radius 3 is 2.62 bits per heavy atom. The summed E-state index contributed by atoms with van der Waals surface area (Å²) < 4.78 is 0. The minimum absolute atomic E-state index is 0.111. The average Bonchev–Trinajstić information content (AvgIpc) is 2.46. The predicted octanol–water partition coefficient (Wildman–Crippen LogP) is 3.04. The molecule has 2 N–H and O–H groups in total. The van der Waals surface area contributed by atoms with Gasteiger partial charge < -0.3 is 10.6 Å². The third-order valence-corrected chi connectivity index (χ3v) is 3.12. The molecule has 110 valence electrons. The molecular formula is C14H17N5O2. The number of anilines is 3. The van der Waals surface area contributed by atoms with Crippen LogP contribution in [0.2, 0.25) is 0 Å². The molecule has 2 aromatic rings. The first-order valence-corrected chi connectivity index (χ1v) is 6.62. The van der Waals surface area contributed by atoms with Gasteiger partial charge >= 0.3 is 5.69 Å². The van der Waals surface area contributed by atoms with Crippen LogP contribution in [0.4, 0.5) is 23.1 Å². The molecule has 7 heteroatoms. The molecule has 0 amide bonds. The summed E-state index contributed by atoms with van der Waals surface area (Å²) in [6, 6.07) is 7.66. The summed E-state index contributed by atoms with van der Waals surface area (Å²) in [6.45, 7) is 3.62. The summed E-state index contributed by atoms with van der Waals surface area (Å²) in [5.41, 5.74) is 2.08. The molecule has 0 saturated carbocycles. The van der Waals surface area contributed by atoms with E-state index < -0.39 is 4.92 Å². The minimum Gasteiger partial charge on any atom is -0.357 e. The van der Waals surface area contributed by atoms with Crippen LogP contribution < -0.4 is 10.6 Å². The molecule has 0 aliphatic heterocycles. The molecule has 0 bridgehead atoms. The van der Waals surface area contributed by atoms with Gasteiger partial charge in [0.2, 0.25) is 11.8 Å². The highest BCUT2D eigenvalue weighted by Gasteiger charge is 2.22. The van der Waals surface area contributed by atoms with Crippen LogP contribution in [-0.2, 0) is 6.42 Å². The molecule has 0 radical (unpaired) electrons. The Kier molecular flexibility index (Phi) is 4.32. The minimum atomic E-state index is -0.467. The number of hydrogen-bond acceptors (Lipinski definition) is 6. The van der Waals surface area contributed by atoms with Crippen molar-refractivity contribution in [3.63, 3.8) is 0 Å². The highest BCUT2D eigenvalue weighted by molar-refractivity contribution is 5.70. The van der Waals surface area contributed by atoms with E-state index in [4.69, 9.17) is 0 Å². The molecule has 1 aromatic carbocycles. The quantitative estimate of drug-likeness (QED) is 0.648. The van der Waals surface area contributed by atoms with Gasteiger partial charge in [0.25, 0.3) is 0 Å². The Morgan fingerprint density at radius 2 is 2.00 bits per heavy atom. The molecule has 0 saturated heterocycles. The predicted molar refractivity (Wildman–Crippen MR) is 82.1 cm³/mol. The first kappa shape index (κ1) is 14.7. The molecule has 0 unspecified atom stereocenters. The van der Waals surface area contributed by atoms with E-state index in [2.05, 4.69) is 20.6 Å². The number of nitro groups is 1. The van der Waals surface area contributed by atoms with Gasteiger partial charge in [-0.25, -0.2) is 4.98 Å². The SMILES string of the molecule is CCc1ccccc1Nc1nc(NC)nc(C)c1[N+](=O)[O-]. The van der Waals surface area contributed by atoms with Crippen LogP contribution in [0.25, 0.3) is 0 Å². The Morgan fingerprint density at radius 1 is 1.29 bits per heavy atom. The largest absolute Gasteiger partial charge is 0.357 e. The van der Waals surface area contributed by atoms with Crippen molar-refractivity contribution < 1.29 is 4.92 Å². The average molecular weight is 287 g/mol. The van der Waals surface area contributed by atoms with E-state index in [1.54, 1.807) is 14.0 Å². The number of para-hydroxylation sites is 1. The van der Waals surface area contributed by atoms with Crippen LogP contribution >= 0.6 is 0 Å². The highest BCUT2D eigenvalue weighted by Crippen LogP contribution is 2.30. The van der Waals surface area contributed by atoms with Crippen LogP contribution in [0.1, 0.15) is 18.2 Å². The second-order valence-electron chi connectivity index (χ2n) is 4.47. The topological polar surface area (TPSA) is 93.0 Å². The molecule has 1 aromatic heterocycles.